The Kier molecular flexibility index (Phi) is 9.31. The number of guanidine groups is 1. The Labute approximate surface area is 135 Å². The number of benzene rings is 1. The average Bonchev–Trinajstić information content (AvgIpc) is 2.48. The standard InChI is InChI=1S/C18H31N3O/c1-5-22-11-7-6-9-20-18(19-4)21-10-8-17-13-15(2)12-16(3)14-17/h12-14H,5-11H2,1-4H3,(H2,19,20,21). The SMILES string of the molecule is CCOCCCCNC(=NC)NCCc1cc(C)cc(C)c1. The predicted molar refractivity (Wildman–Crippen MR) is 94.7 cm³/mol. The Morgan fingerprint density at radius 2 is 1.73 bits per heavy atom. The van der Waals surface area contributed by atoms with Crippen molar-refractivity contribution in [3.63, 3.8) is 0 Å². The summed E-state index contributed by atoms with van der Waals surface area (Å²) in [5.41, 5.74) is 4.02. The summed E-state index contributed by atoms with van der Waals surface area (Å²) < 4.78 is 5.33. The molecule has 2 N–H and O–H groups in total. The molecule has 124 valence electrons. The number of aryl methyl sites for hydroxylation is 2. The quantitative estimate of drug-likeness (QED) is 0.419. The van der Waals surface area contributed by atoms with Gasteiger partial charge in [0.15, 0.2) is 5.96 Å². The third-order valence-corrected chi connectivity index (χ3v) is 3.42. The van der Waals surface area contributed by atoms with E-state index in [1.807, 2.05) is 14.0 Å². The van der Waals surface area contributed by atoms with Crippen molar-refractivity contribution in [2.75, 3.05) is 33.4 Å². The van der Waals surface area contributed by atoms with Gasteiger partial charge in [-0.1, -0.05) is 29.3 Å². The molecule has 4 nitrogen and oxygen atoms in total. The maximum atomic E-state index is 5.33. The van der Waals surface area contributed by atoms with Gasteiger partial charge in [0, 0.05) is 33.4 Å². The number of nitrogens with zero attached hydrogens (tertiary/aromatic N) is 1. The molecule has 0 bridgehead atoms. The van der Waals surface area contributed by atoms with Crippen LogP contribution in [-0.2, 0) is 11.2 Å². The second-order valence-corrected chi connectivity index (χ2v) is 5.58. The summed E-state index contributed by atoms with van der Waals surface area (Å²) in [4.78, 5) is 4.25. The zero-order valence-electron chi connectivity index (χ0n) is 14.5. The molecule has 0 heterocycles. The summed E-state index contributed by atoms with van der Waals surface area (Å²) in [6.07, 6.45) is 3.19. The molecule has 0 saturated carbocycles. The number of ether oxygens (including phenoxy) is 1. The van der Waals surface area contributed by atoms with Gasteiger partial charge in [0.1, 0.15) is 0 Å². The predicted octanol–water partition coefficient (Wildman–Crippen LogP) is 2.83. The van der Waals surface area contributed by atoms with Crippen LogP contribution in [0.2, 0.25) is 0 Å². The summed E-state index contributed by atoms with van der Waals surface area (Å²) in [6, 6.07) is 6.71. The van der Waals surface area contributed by atoms with Crippen LogP contribution in [0.1, 0.15) is 36.5 Å². The molecule has 0 spiro atoms. The van der Waals surface area contributed by atoms with Crippen molar-refractivity contribution in [1.82, 2.24) is 10.6 Å². The minimum Gasteiger partial charge on any atom is -0.382 e. The molecule has 0 aromatic heterocycles. The van der Waals surface area contributed by atoms with Gasteiger partial charge >= 0.3 is 0 Å². The summed E-state index contributed by atoms with van der Waals surface area (Å²) >= 11 is 0. The second kappa shape index (κ2) is 11.1. The van der Waals surface area contributed by atoms with Crippen LogP contribution in [0.15, 0.2) is 23.2 Å². The van der Waals surface area contributed by atoms with E-state index in [1.54, 1.807) is 0 Å². The highest BCUT2D eigenvalue weighted by molar-refractivity contribution is 5.79. The van der Waals surface area contributed by atoms with Gasteiger partial charge in [-0.3, -0.25) is 4.99 Å². The van der Waals surface area contributed by atoms with E-state index < -0.39 is 0 Å². The lowest BCUT2D eigenvalue weighted by Gasteiger charge is -2.12. The van der Waals surface area contributed by atoms with Crippen LogP contribution in [0.5, 0.6) is 0 Å². The fourth-order valence-corrected chi connectivity index (χ4v) is 2.44. The first-order chi connectivity index (χ1) is 10.7. The van der Waals surface area contributed by atoms with E-state index in [0.717, 1.165) is 51.5 Å². The molecule has 22 heavy (non-hydrogen) atoms. The lowest BCUT2D eigenvalue weighted by molar-refractivity contribution is 0.143. The Hall–Kier alpha value is -1.55. The topological polar surface area (TPSA) is 45.6 Å². The number of rotatable bonds is 9. The smallest absolute Gasteiger partial charge is 0.190 e. The molecule has 0 saturated heterocycles. The zero-order valence-corrected chi connectivity index (χ0v) is 14.5. The van der Waals surface area contributed by atoms with Crippen molar-refractivity contribution in [3.8, 4) is 0 Å². The summed E-state index contributed by atoms with van der Waals surface area (Å²) in [5, 5.41) is 6.71. The number of aliphatic imine (C=N–C) groups is 1. The third-order valence-electron chi connectivity index (χ3n) is 3.42. The van der Waals surface area contributed by atoms with Gasteiger partial charge in [0.25, 0.3) is 0 Å². The van der Waals surface area contributed by atoms with E-state index in [0.29, 0.717) is 0 Å². The molecule has 1 aromatic rings. The van der Waals surface area contributed by atoms with E-state index in [2.05, 4.69) is 47.7 Å². The van der Waals surface area contributed by atoms with Crippen molar-refractivity contribution >= 4 is 5.96 Å². The minimum absolute atomic E-state index is 0.801. The molecule has 0 aliphatic heterocycles. The minimum atomic E-state index is 0.801. The van der Waals surface area contributed by atoms with Gasteiger partial charge in [0.2, 0.25) is 0 Å². The molecular weight excluding hydrogens is 274 g/mol. The van der Waals surface area contributed by atoms with Crippen molar-refractivity contribution in [2.24, 2.45) is 4.99 Å². The molecule has 0 radical (unpaired) electrons. The molecule has 1 aromatic carbocycles. The van der Waals surface area contributed by atoms with Crippen LogP contribution >= 0.6 is 0 Å². The molecule has 0 unspecified atom stereocenters. The Morgan fingerprint density at radius 1 is 1.05 bits per heavy atom. The maximum Gasteiger partial charge on any atom is 0.190 e. The number of nitrogens with one attached hydrogen (secondary N) is 2. The van der Waals surface area contributed by atoms with Crippen molar-refractivity contribution in [3.05, 3.63) is 34.9 Å². The van der Waals surface area contributed by atoms with Crippen LogP contribution in [-0.4, -0.2) is 39.3 Å². The van der Waals surface area contributed by atoms with E-state index >= 15 is 0 Å². The summed E-state index contributed by atoms with van der Waals surface area (Å²) in [5.74, 6) is 0.876. The Morgan fingerprint density at radius 3 is 2.36 bits per heavy atom. The van der Waals surface area contributed by atoms with Crippen molar-refractivity contribution < 1.29 is 4.74 Å². The molecule has 0 aliphatic rings. The fraction of sp³-hybridized carbons (Fsp3) is 0.611. The van der Waals surface area contributed by atoms with Crippen LogP contribution in [0.25, 0.3) is 0 Å². The van der Waals surface area contributed by atoms with Crippen LogP contribution < -0.4 is 10.6 Å². The third kappa shape index (κ3) is 8.03. The van der Waals surface area contributed by atoms with Gasteiger partial charge in [-0.25, -0.2) is 0 Å². The van der Waals surface area contributed by atoms with Crippen molar-refractivity contribution in [2.45, 2.75) is 40.0 Å². The average molecular weight is 305 g/mol. The first kappa shape index (κ1) is 18.5. The molecule has 4 heteroatoms. The van der Waals surface area contributed by atoms with Gasteiger partial charge < -0.3 is 15.4 Å². The van der Waals surface area contributed by atoms with Gasteiger partial charge in [0.05, 0.1) is 0 Å². The largest absolute Gasteiger partial charge is 0.382 e. The molecular formula is C18H31N3O. The van der Waals surface area contributed by atoms with E-state index in [9.17, 15) is 0 Å². The fourth-order valence-electron chi connectivity index (χ4n) is 2.44. The molecule has 0 atom stereocenters. The normalized spacial score (nSPS) is 11.5. The highest BCUT2D eigenvalue weighted by Crippen LogP contribution is 2.08. The first-order valence-corrected chi connectivity index (χ1v) is 8.25. The number of hydrogen-bond acceptors (Lipinski definition) is 2. The van der Waals surface area contributed by atoms with Gasteiger partial charge in [-0.05, 0) is 45.6 Å². The van der Waals surface area contributed by atoms with Gasteiger partial charge in [-0.15, -0.1) is 0 Å². The lowest BCUT2D eigenvalue weighted by Crippen LogP contribution is -2.38. The molecule has 0 fully saturated rings. The molecule has 0 amide bonds. The summed E-state index contributed by atoms with van der Waals surface area (Å²) in [6.45, 7) is 9.78. The number of hydrogen-bond donors (Lipinski definition) is 2. The molecule has 1 rings (SSSR count). The Balaban J connectivity index is 2.21. The highest BCUT2D eigenvalue weighted by atomic mass is 16.5. The molecule has 0 aliphatic carbocycles. The number of unbranched alkanes of at least 4 members (excludes halogenated alkanes) is 1. The van der Waals surface area contributed by atoms with Crippen LogP contribution in [0, 0.1) is 13.8 Å². The zero-order chi connectivity index (χ0) is 16.2. The summed E-state index contributed by atoms with van der Waals surface area (Å²) in [7, 11) is 1.81. The monoisotopic (exact) mass is 305 g/mol. The first-order valence-electron chi connectivity index (χ1n) is 8.25. The van der Waals surface area contributed by atoms with Crippen molar-refractivity contribution in [1.29, 1.82) is 0 Å². The van der Waals surface area contributed by atoms with Gasteiger partial charge in [-0.2, -0.15) is 0 Å². The van der Waals surface area contributed by atoms with E-state index in [-0.39, 0.29) is 0 Å². The highest BCUT2D eigenvalue weighted by Gasteiger charge is 1.99. The second-order valence-electron chi connectivity index (χ2n) is 5.58. The van der Waals surface area contributed by atoms with Crippen LogP contribution in [0.3, 0.4) is 0 Å². The van der Waals surface area contributed by atoms with E-state index in [1.165, 1.54) is 16.7 Å². The lowest BCUT2D eigenvalue weighted by atomic mass is 10.1. The maximum absolute atomic E-state index is 5.33. The Bertz CT molecular complexity index is 437. The van der Waals surface area contributed by atoms with Crippen LogP contribution in [0.4, 0.5) is 0 Å². The van der Waals surface area contributed by atoms with E-state index in [4.69, 9.17) is 4.74 Å².